The Morgan fingerprint density at radius 3 is 1.58 bits per heavy atom. The minimum atomic E-state index is -5.27. The number of nitrogens with zero attached hydrogens (tertiary/aromatic N) is 2. The van der Waals surface area contributed by atoms with Crippen LogP contribution in [0.1, 0.15) is 136 Å². The molecule has 0 aromatic carbocycles. The van der Waals surface area contributed by atoms with Gasteiger partial charge in [0.2, 0.25) is 5.91 Å². The second kappa shape index (κ2) is 36.7. The molecule has 3 saturated heterocycles. The van der Waals surface area contributed by atoms with Crippen molar-refractivity contribution in [2.75, 3.05) is 46.8 Å². The van der Waals surface area contributed by atoms with E-state index in [0.717, 1.165) is 55.6 Å². The maximum atomic E-state index is 15.4. The summed E-state index contributed by atoms with van der Waals surface area (Å²) in [5.74, 6) is -12.9. The van der Waals surface area contributed by atoms with Crippen molar-refractivity contribution in [3.05, 3.63) is 12.7 Å². The number of amides is 1. The van der Waals surface area contributed by atoms with Crippen LogP contribution in [0.25, 0.3) is 0 Å². The maximum Gasteiger partial charge on any atom is 0.475 e. The summed E-state index contributed by atoms with van der Waals surface area (Å²) in [6.45, 7) is 24.2. The van der Waals surface area contributed by atoms with Gasteiger partial charge >= 0.3 is 72.7 Å². The van der Waals surface area contributed by atoms with Gasteiger partial charge in [0.25, 0.3) is 5.79 Å². The topological polar surface area (TPSA) is 406 Å². The number of hydrogen-bond acceptors (Lipinski definition) is 31. The molecule has 0 bridgehead atoms. The Labute approximate surface area is 555 Å². The van der Waals surface area contributed by atoms with Gasteiger partial charge in [0.05, 0.1) is 82.9 Å². The molecule has 16 atom stereocenters. The van der Waals surface area contributed by atoms with E-state index in [1.807, 2.05) is 67.5 Å². The van der Waals surface area contributed by atoms with E-state index in [2.05, 4.69) is 11.9 Å². The fraction of sp³-hybridized carbons (Fsp3) is 0.783. The molecule has 0 aromatic rings. The van der Waals surface area contributed by atoms with Gasteiger partial charge in [-0.15, -0.1) is 6.58 Å². The summed E-state index contributed by atoms with van der Waals surface area (Å²) in [6.07, 6.45) is -24.1. The second-order valence-electron chi connectivity index (χ2n) is 24.3. The summed E-state index contributed by atoms with van der Waals surface area (Å²) in [5, 5.41) is 22.3. The summed E-state index contributed by atoms with van der Waals surface area (Å²) >= 11 is 0. The van der Waals surface area contributed by atoms with Crippen LogP contribution in [-0.4, -0.2) is 209 Å². The van der Waals surface area contributed by atoms with E-state index in [4.69, 9.17) is 88.1 Å². The second-order valence-corrected chi connectivity index (χ2v) is 34.7. The van der Waals surface area contributed by atoms with Gasteiger partial charge in [0.1, 0.15) is 37.6 Å². The van der Waals surface area contributed by atoms with E-state index in [1.165, 1.54) is 13.0 Å². The molecule has 0 radical (unpaired) electrons. The fourth-order valence-corrected chi connectivity index (χ4v) is 24.7. The van der Waals surface area contributed by atoms with Crippen LogP contribution < -0.4 is 5.32 Å². The predicted octanol–water partition coefficient (Wildman–Crippen LogP) is 5.33. The number of carbonyl (C=O) groups excluding carboxylic acids is 9. The first-order valence-corrected chi connectivity index (χ1v) is 36.6. The van der Waals surface area contributed by atoms with Crippen molar-refractivity contribution >= 4 is 78.6 Å². The highest BCUT2D eigenvalue weighted by Gasteiger charge is 2.67. The summed E-state index contributed by atoms with van der Waals surface area (Å²) in [4.78, 5) is 120. The van der Waals surface area contributed by atoms with E-state index >= 15 is 9.36 Å². The summed E-state index contributed by atoms with van der Waals surface area (Å²) in [6, 6.07) is 2.76. The van der Waals surface area contributed by atoms with Gasteiger partial charge in [-0.25, -0.2) is 9.36 Å². The molecule has 536 valence electrons. The van der Waals surface area contributed by atoms with E-state index in [9.17, 15) is 48.9 Å². The molecule has 4 aliphatic rings. The van der Waals surface area contributed by atoms with E-state index < -0.39 is 228 Å². The first-order valence-electron chi connectivity index (χ1n) is 31.2. The van der Waals surface area contributed by atoms with E-state index in [1.54, 1.807) is 0 Å². The zero-order valence-electron chi connectivity index (χ0n) is 57.0. The number of rotatable bonds is 33. The van der Waals surface area contributed by atoms with Crippen LogP contribution in [0.15, 0.2) is 12.7 Å². The lowest BCUT2D eigenvalue weighted by molar-refractivity contribution is -0.371. The van der Waals surface area contributed by atoms with Gasteiger partial charge in [-0.05, 0) is 28.6 Å². The molecule has 0 unspecified atom stereocenters. The molecule has 35 heteroatoms. The predicted molar refractivity (Wildman–Crippen MR) is 328 cm³/mol. The van der Waals surface area contributed by atoms with Crippen LogP contribution in [0, 0.1) is 28.6 Å². The van der Waals surface area contributed by atoms with Gasteiger partial charge < -0.3 is 79.9 Å². The zero-order chi connectivity index (χ0) is 71.5. The molecule has 0 aromatic heterocycles. The summed E-state index contributed by atoms with van der Waals surface area (Å²) in [7, 11) is -11.3. The summed E-state index contributed by atoms with van der Waals surface area (Å²) < 4.78 is 134. The minimum absolute atomic E-state index is 0.00716. The molecule has 95 heavy (non-hydrogen) atoms. The lowest BCUT2D eigenvalue weighted by Crippen LogP contribution is -2.69. The maximum absolute atomic E-state index is 15.4. The van der Waals surface area contributed by atoms with Crippen LogP contribution in [0.5, 0.6) is 0 Å². The molecule has 4 fully saturated rings. The minimum Gasteiger partial charge on any atom is -0.465 e. The monoisotopic (exact) mass is 1410 g/mol. The Morgan fingerprint density at radius 1 is 0.653 bits per heavy atom. The van der Waals surface area contributed by atoms with E-state index in [-0.39, 0.29) is 35.2 Å². The molecule has 32 nitrogen and oxygen atoms in total. The smallest absolute Gasteiger partial charge is 0.465 e. The number of phosphoric acid groups is 1. The third-order valence-corrected chi connectivity index (χ3v) is 27.6. The lowest BCUT2D eigenvalue weighted by atomic mass is 9.79. The quantitative estimate of drug-likeness (QED) is 0.0216. The standard InChI is InChI=1S/C60H94N3O29PSi2/c1-19-24-75-45-27-44(50-54(49(45)63-36(10)64)91-95(34(6)7,35(8)9)92-94(90-50,32(2)3)33(4)5)29-78-60(59(72)74-18)28-46(89-93(73,79-25-20-22-61)80-26-21-23-62)51(53(88-60)48(82-40(14)68)31-77-38(12)66)86-58-57(85-43(17)71)56(84-42(16)70)55(83-41(15)69)52(87-58)47(81-39(13)67)30-76-37(11)65/h19,32-35,44-58H,1,20-21,24-31H2,2-18H3,(H,63,64)/t44-,45-,46-,47+,48-,49+,50-,51-,52-,53-,54-,55-,56+,57+,58+,60-/m1/s1. The Morgan fingerprint density at radius 2 is 1.14 bits per heavy atom. The highest BCUT2D eigenvalue weighted by atomic mass is 31.2. The van der Waals surface area contributed by atoms with Crippen LogP contribution >= 0.6 is 7.82 Å². The molecule has 1 saturated carbocycles. The Kier molecular flexibility index (Phi) is 31.5. The van der Waals surface area contributed by atoms with E-state index in [0.29, 0.717) is 0 Å². The van der Waals surface area contributed by atoms with Gasteiger partial charge in [-0.3, -0.25) is 51.9 Å². The molecule has 1 amide bonds. The highest BCUT2D eigenvalue weighted by Crippen LogP contribution is 2.55. The van der Waals surface area contributed by atoms with Crippen LogP contribution in [0.2, 0.25) is 22.2 Å². The van der Waals surface area contributed by atoms with Gasteiger partial charge in [0, 0.05) is 67.7 Å². The van der Waals surface area contributed by atoms with Gasteiger partial charge in [-0.1, -0.05) is 61.5 Å². The molecular weight excluding hydrogens is 1310 g/mol. The number of methoxy groups -OCH3 is 1. The Hall–Kier alpha value is -5.83. The first kappa shape index (κ1) is 81.6. The average Bonchev–Trinajstić information content (AvgIpc) is 1.56. The molecule has 1 aliphatic carbocycles. The molecule has 1 N–H and O–H groups in total. The number of esters is 8. The molecule has 4 rings (SSSR count). The SMILES string of the molecule is C=CCO[C@@H]1C[C@H](CO[C@]2(C(=O)OC)C[C@@H](OP(=O)(OCCC#N)OCCC#N)[C@@H](O[C@H]3O[C@H]([C@H](COC(C)=O)OC(C)=O)[C@@H](OC(C)=O)[C@H](OC(C)=O)[C@@H]3OC(C)=O)[C@@H]([C@@H](COC(C)=O)OC(C)=O)O2)[C@H]2O[Si](C(C)C)(C(C)C)O[Si](C(C)C)(C(C)C)O[C@@H]2[C@H]1NC(C)=O. The normalized spacial score (nSPS) is 28.6. The lowest BCUT2D eigenvalue weighted by Gasteiger charge is -2.51. The summed E-state index contributed by atoms with van der Waals surface area (Å²) in [5.41, 5.74) is -0.870. The first-order chi connectivity index (χ1) is 44.5. The molecule has 3 heterocycles. The average molecular weight is 1410 g/mol. The fourth-order valence-electron chi connectivity index (χ4n) is 12.0. The Balaban J connectivity index is 2.21. The van der Waals surface area contributed by atoms with Crippen molar-refractivity contribution < 1.29 is 136 Å². The number of nitriles is 2. The third kappa shape index (κ3) is 21.8. The molecule has 3 aliphatic heterocycles. The zero-order valence-corrected chi connectivity index (χ0v) is 59.9. The van der Waals surface area contributed by atoms with Crippen molar-refractivity contribution in [1.29, 1.82) is 10.5 Å². The third-order valence-electron chi connectivity index (χ3n) is 15.8. The highest BCUT2D eigenvalue weighted by molar-refractivity contribution is 7.48. The molecular formula is C60H94N3O29PSi2. The number of carbonyl (C=O) groups is 9. The van der Waals surface area contributed by atoms with Crippen LogP contribution in [0.4, 0.5) is 0 Å². The number of nitrogens with one attached hydrogen (secondary N) is 1. The van der Waals surface area contributed by atoms with Gasteiger partial charge in [-0.2, -0.15) is 10.5 Å². The van der Waals surface area contributed by atoms with Crippen LogP contribution in [-0.2, 0) is 136 Å². The van der Waals surface area contributed by atoms with Crippen molar-refractivity contribution in [1.82, 2.24) is 5.32 Å². The van der Waals surface area contributed by atoms with Crippen molar-refractivity contribution in [2.24, 2.45) is 5.92 Å². The van der Waals surface area contributed by atoms with Crippen LogP contribution in [0.3, 0.4) is 0 Å². The number of hydrogen-bond donors (Lipinski definition) is 1. The number of fused-ring (bicyclic) bond motifs is 1. The molecule has 0 spiro atoms. The number of ether oxygens (including phenoxy) is 13. The largest absolute Gasteiger partial charge is 0.475 e. The van der Waals surface area contributed by atoms with Crippen molar-refractivity contribution in [2.45, 2.75) is 250 Å². The van der Waals surface area contributed by atoms with Crippen molar-refractivity contribution in [3.8, 4) is 12.1 Å². The Bertz CT molecular complexity index is 2780. The van der Waals surface area contributed by atoms with Crippen molar-refractivity contribution in [3.63, 3.8) is 0 Å². The number of phosphoric ester groups is 1. The van der Waals surface area contributed by atoms with Gasteiger partial charge in [0.15, 0.2) is 36.8 Å².